The van der Waals surface area contributed by atoms with E-state index in [1.807, 2.05) is 19.9 Å². The predicted octanol–water partition coefficient (Wildman–Crippen LogP) is 4.75. The predicted molar refractivity (Wildman–Crippen MR) is 129 cm³/mol. The fraction of sp³-hybridized carbons (Fsp3) is 0.346. The number of ether oxygens (including phenoxy) is 6. The molecule has 0 bridgehead atoms. The molecule has 0 aliphatic carbocycles. The monoisotopic (exact) mass is 472 g/mol. The zero-order valence-electron chi connectivity index (χ0n) is 20.3. The summed E-state index contributed by atoms with van der Waals surface area (Å²) in [6.07, 6.45) is 5.32. The summed E-state index contributed by atoms with van der Waals surface area (Å²) in [5, 5.41) is 11.1. The van der Waals surface area contributed by atoms with Gasteiger partial charge in [-0.15, -0.1) is 0 Å². The summed E-state index contributed by atoms with van der Waals surface area (Å²) in [5.74, 6) is 0.503. The lowest BCUT2D eigenvalue weighted by Gasteiger charge is -2.18. The van der Waals surface area contributed by atoms with Crippen molar-refractivity contribution in [3.05, 3.63) is 64.7 Å². The Labute approximate surface area is 200 Å². The molecule has 2 aromatic carbocycles. The molecular weight excluding hydrogens is 440 g/mol. The number of phenols is 1. The van der Waals surface area contributed by atoms with Crippen molar-refractivity contribution >= 4 is 11.9 Å². The highest BCUT2D eigenvalue weighted by atomic mass is 16.7. The second kappa shape index (κ2) is 14.0. The molecule has 0 saturated heterocycles. The largest absolute Gasteiger partial charge is 0.507 e. The van der Waals surface area contributed by atoms with E-state index < -0.39 is 5.78 Å². The first kappa shape index (κ1) is 26.9. The van der Waals surface area contributed by atoms with Crippen LogP contribution in [0.2, 0.25) is 0 Å². The molecule has 34 heavy (non-hydrogen) atoms. The average molecular weight is 473 g/mol. The Morgan fingerprint density at radius 2 is 1.47 bits per heavy atom. The number of phenolic OH excluding ortho intramolecular Hbond substituents is 1. The first-order chi connectivity index (χ1) is 16.4. The summed E-state index contributed by atoms with van der Waals surface area (Å²) >= 11 is 0. The van der Waals surface area contributed by atoms with Crippen LogP contribution in [0.25, 0.3) is 6.08 Å². The summed E-state index contributed by atoms with van der Waals surface area (Å²) < 4.78 is 31.5. The highest BCUT2D eigenvalue weighted by Crippen LogP contribution is 2.40. The third-order valence-corrected chi connectivity index (χ3v) is 4.60. The molecule has 2 aromatic rings. The van der Waals surface area contributed by atoms with Gasteiger partial charge in [0.25, 0.3) is 0 Å². The quantitative estimate of drug-likeness (QED) is 0.182. The number of ketones is 1. The minimum atomic E-state index is -0.431. The van der Waals surface area contributed by atoms with Crippen molar-refractivity contribution in [2.75, 3.05) is 41.7 Å². The van der Waals surface area contributed by atoms with E-state index in [0.29, 0.717) is 23.5 Å². The van der Waals surface area contributed by atoms with Gasteiger partial charge in [0.05, 0.1) is 0 Å². The van der Waals surface area contributed by atoms with Gasteiger partial charge in [-0.3, -0.25) is 4.79 Å². The van der Waals surface area contributed by atoms with E-state index >= 15 is 0 Å². The maximum atomic E-state index is 13.2. The zero-order valence-corrected chi connectivity index (χ0v) is 20.3. The average Bonchev–Trinajstić information content (AvgIpc) is 2.83. The lowest BCUT2D eigenvalue weighted by atomic mass is 9.99. The van der Waals surface area contributed by atoms with Crippen LogP contribution in [-0.2, 0) is 20.6 Å². The molecular formula is C26H32O8. The summed E-state index contributed by atoms with van der Waals surface area (Å²) in [6, 6.07) is 8.72. The van der Waals surface area contributed by atoms with Crippen LogP contribution >= 0.6 is 0 Å². The van der Waals surface area contributed by atoms with Gasteiger partial charge >= 0.3 is 0 Å². The van der Waals surface area contributed by atoms with Crippen LogP contribution < -0.4 is 14.2 Å². The topological polar surface area (TPSA) is 92.7 Å². The minimum Gasteiger partial charge on any atom is -0.507 e. The third kappa shape index (κ3) is 7.91. The van der Waals surface area contributed by atoms with Crippen molar-refractivity contribution in [3.8, 4) is 23.0 Å². The minimum absolute atomic E-state index is 0.0234. The highest BCUT2D eigenvalue weighted by molar-refractivity contribution is 6.11. The summed E-state index contributed by atoms with van der Waals surface area (Å²) in [4.78, 5) is 13.2. The smallest absolute Gasteiger partial charge is 0.193 e. The number of aromatic hydroxyl groups is 1. The van der Waals surface area contributed by atoms with Crippen molar-refractivity contribution in [3.63, 3.8) is 0 Å². The first-order valence-electron chi connectivity index (χ1n) is 10.6. The highest BCUT2D eigenvalue weighted by Gasteiger charge is 2.23. The van der Waals surface area contributed by atoms with Gasteiger partial charge in [0.1, 0.15) is 28.6 Å². The van der Waals surface area contributed by atoms with Crippen molar-refractivity contribution < 1.29 is 38.3 Å². The van der Waals surface area contributed by atoms with E-state index in [2.05, 4.69) is 0 Å². The molecule has 8 nitrogen and oxygen atoms in total. The number of benzene rings is 2. The second-order valence-corrected chi connectivity index (χ2v) is 7.48. The van der Waals surface area contributed by atoms with Crippen molar-refractivity contribution in [1.82, 2.24) is 0 Å². The molecule has 0 aliphatic rings. The molecule has 0 radical (unpaired) electrons. The Morgan fingerprint density at radius 1 is 0.882 bits per heavy atom. The Bertz CT molecular complexity index is 989. The van der Waals surface area contributed by atoms with Crippen LogP contribution in [0.15, 0.2) is 48.1 Å². The van der Waals surface area contributed by atoms with E-state index in [9.17, 15) is 9.90 Å². The Hall–Kier alpha value is -3.33. The van der Waals surface area contributed by atoms with Crippen LogP contribution in [-0.4, -0.2) is 52.6 Å². The van der Waals surface area contributed by atoms with Gasteiger partial charge < -0.3 is 33.5 Å². The number of hydrogen-bond acceptors (Lipinski definition) is 8. The van der Waals surface area contributed by atoms with Crippen molar-refractivity contribution in [2.24, 2.45) is 0 Å². The Morgan fingerprint density at radius 3 is 2.06 bits per heavy atom. The lowest BCUT2D eigenvalue weighted by molar-refractivity contribution is 0.0449. The maximum absolute atomic E-state index is 13.2. The van der Waals surface area contributed by atoms with Crippen molar-refractivity contribution in [1.29, 1.82) is 0 Å². The van der Waals surface area contributed by atoms with Gasteiger partial charge in [0, 0.05) is 33.0 Å². The molecule has 184 valence electrons. The van der Waals surface area contributed by atoms with Crippen LogP contribution in [0.5, 0.6) is 23.0 Å². The molecule has 1 N–H and O–H groups in total. The van der Waals surface area contributed by atoms with Crippen molar-refractivity contribution in [2.45, 2.75) is 20.3 Å². The van der Waals surface area contributed by atoms with Crippen LogP contribution in [0.1, 0.15) is 35.3 Å². The van der Waals surface area contributed by atoms with Gasteiger partial charge in [0.15, 0.2) is 26.2 Å². The first-order valence-corrected chi connectivity index (χ1v) is 10.6. The van der Waals surface area contributed by atoms with Gasteiger partial charge in [-0.25, -0.2) is 0 Å². The Kier molecular flexibility index (Phi) is 11.1. The van der Waals surface area contributed by atoms with Gasteiger partial charge in [-0.05, 0) is 44.0 Å². The molecule has 0 spiro atoms. The van der Waals surface area contributed by atoms with E-state index in [4.69, 9.17) is 28.4 Å². The van der Waals surface area contributed by atoms with E-state index in [0.717, 1.165) is 11.1 Å². The van der Waals surface area contributed by atoms with Crippen LogP contribution in [0, 0.1) is 0 Å². The van der Waals surface area contributed by atoms with E-state index in [-0.39, 0.29) is 37.4 Å². The standard InChI is InChI=1S/C26H32O8/c1-18(2)6-12-21-23(33-16-30-4)14-24(34-17-31-5)25(26(21)28)22(27)13-9-19-7-10-20(11-8-19)32-15-29-3/h6-11,13-14,28H,12,15-17H2,1-5H3/b13-9+. The van der Waals surface area contributed by atoms with Gasteiger partial charge in [-0.1, -0.05) is 29.9 Å². The molecule has 2 rings (SSSR count). The number of rotatable bonds is 14. The maximum Gasteiger partial charge on any atom is 0.193 e. The molecule has 0 heterocycles. The fourth-order valence-corrected chi connectivity index (χ4v) is 2.95. The van der Waals surface area contributed by atoms with Crippen LogP contribution in [0.4, 0.5) is 0 Å². The number of carbonyl (C=O) groups excluding carboxylic acids is 1. The van der Waals surface area contributed by atoms with Crippen LogP contribution in [0.3, 0.4) is 0 Å². The SMILES string of the molecule is COCOc1ccc(/C=C/C(=O)c2c(OCOC)cc(OCOC)c(CC=C(C)C)c2O)cc1. The lowest BCUT2D eigenvalue weighted by Crippen LogP contribution is -2.09. The molecule has 0 unspecified atom stereocenters. The molecule has 0 aromatic heterocycles. The van der Waals surface area contributed by atoms with Gasteiger partial charge in [-0.2, -0.15) is 0 Å². The fourth-order valence-electron chi connectivity index (χ4n) is 2.95. The molecule has 0 saturated carbocycles. The molecule has 0 aliphatic heterocycles. The summed E-state index contributed by atoms with van der Waals surface area (Å²) in [6.45, 7) is 3.91. The zero-order chi connectivity index (χ0) is 24.9. The molecule has 8 heteroatoms. The summed E-state index contributed by atoms with van der Waals surface area (Å²) in [5.41, 5.74) is 2.32. The number of allylic oxidation sites excluding steroid dienone is 3. The number of methoxy groups -OCH3 is 3. The van der Waals surface area contributed by atoms with E-state index in [1.165, 1.54) is 20.3 Å². The summed E-state index contributed by atoms with van der Waals surface area (Å²) in [7, 11) is 4.51. The normalized spacial score (nSPS) is 10.9. The number of hydrogen-bond donors (Lipinski definition) is 1. The Balaban J connectivity index is 2.42. The molecule has 0 fully saturated rings. The third-order valence-electron chi connectivity index (χ3n) is 4.60. The molecule has 0 atom stereocenters. The second-order valence-electron chi connectivity index (χ2n) is 7.48. The number of carbonyl (C=O) groups is 1. The van der Waals surface area contributed by atoms with Gasteiger partial charge in [0.2, 0.25) is 0 Å². The van der Waals surface area contributed by atoms with E-state index in [1.54, 1.807) is 43.5 Å². The molecule has 0 amide bonds.